The first-order chi connectivity index (χ1) is 13.3. The Morgan fingerprint density at radius 1 is 0.933 bits per heavy atom. The molecule has 30 heavy (non-hydrogen) atoms. The third-order valence-corrected chi connectivity index (χ3v) is 16.3. The Hall–Kier alpha value is -0.156. The zero-order valence-electron chi connectivity index (χ0n) is 21.5. The average Bonchev–Trinajstić information content (AvgIpc) is 2.47. The Balaban J connectivity index is 5.16. The van der Waals surface area contributed by atoms with E-state index in [9.17, 15) is 9.59 Å². The highest BCUT2D eigenvalue weighted by atomic mass is 32.2. The molecule has 0 rings (SSSR count). The van der Waals surface area contributed by atoms with Crippen LogP contribution >= 0.6 is 11.8 Å². The molecular weight excluding hydrogens is 430 g/mol. The maximum absolute atomic E-state index is 12.6. The molecule has 178 valence electrons. The summed E-state index contributed by atoms with van der Waals surface area (Å²) in [6.45, 7) is 26.5. The van der Waals surface area contributed by atoms with E-state index >= 15 is 0 Å². The number of hydrogen-bond acceptors (Lipinski definition) is 5. The van der Waals surface area contributed by atoms with Crippen LogP contribution < -0.4 is 5.32 Å². The molecule has 0 aliphatic carbocycles. The molecule has 0 heterocycles. The van der Waals surface area contributed by atoms with Crippen molar-refractivity contribution in [3.63, 3.8) is 0 Å². The monoisotopic (exact) mass is 477 g/mol. The summed E-state index contributed by atoms with van der Waals surface area (Å²) in [6.07, 6.45) is 0.990. The number of hydrogen-bond donors (Lipinski definition) is 1. The standard InChI is InChI=1S/C22H47NO4SSi2/c1-17(26-29(9,10)21(3,4)5)15-19(27-30(11,12)22(6,7)8)16-20(25)28-14-13-23-18(2)24/h17,19H,13-16H2,1-12H3,(H,23,24)/t17-,19-/m1/s1. The van der Waals surface area contributed by atoms with Gasteiger partial charge in [0.05, 0.1) is 6.10 Å². The molecule has 0 radical (unpaired) electrons. The van der Waals surface area contributed by atoms with E-state index in [0.29, 0.717) is 18.7 Å². The topological polar surface area (TPSA) is 64.6 Å². The predicted molar refractivity (Wildman–Crippen MR) is 135 cm³/mol. The van der Waals surface area contributed by atoms with Crippen LogP contribution in [-0.4, -0.2) is 52.2 Å². The summed E-state index contributed by atoms with van der Waals surface area (Å²) in [5.74, 6) is 0.514. The summed E-state index contributed by atoms with van der Waals surface area (Å²) in [7, 11) is -3.89. The second-order valence-corrected chi connectivity index (χ2v) is 22.0. The van der Waals surface area contributed by atoms with E-state index in [2.05, 4.69) is 80.0 Å². The third kappa shape index (κ3) is 10.9. The van der Waals surface area contributed by atoms with E-state index in [1.54, 1.807) is 0 Å². The minimum atomic E-state index is -2.01. The maximum atomic E-state index is 12.6. The summed E-state index contributed by atoms with van der Waals surface area (Å²) in [4.78, 5) is 23.6. The number of carbonyl (C=O) groups excluding carboxylic acids is 2. The second kappa shape index (κ2) is 11.6. The van der Waals surface area contributed by atoms with Crippen LogP contribution in [0.5, 0.6) is 0 Å². The SMILES string of the molecule is CC(=O)NCCSC(=O)C[C@@H](C[C@@H](C)O[Si](C)(C)C(C)(C)C)O[Si](C)(C)C(C)(C)C. The fraction of sp³-hybridized carbons (Fsp3) is 0.909. The smallest absolute Gasteiger partial charge is 0.216 e. The van der Waals surface area contributed by atoms with Gasteiger partial charge < -0.3 is 14.2 Å². The number of carbonyl (C=O) groups is 2. The van der Waals surface area contributed by atoms with Gasteiger partial charge in [-0.2, -0.15) is 0 Å². The molecule has 0 aromatic carbocycles. The quantitative estimate of drug-likeness (QED) is 0.294. The first kappa shape index (κ1) is 29.8. The zero-order valence-corrected chi connectivity index (χ0v) is 24.3. The van der Waals surface area contributed by atoms with Crippen LogP contribution in [0.3, 0.4) is 0 Å². The average molecular weight is 478 g/mol. The fourth-order valence-electron chi connectivity index (χ4n) is 2.50. The van der Waals surface area contributed by atoms with Gasteiger partial charge in [0.1, 0.15) is 0 Å². The lowest BCUT2D eigenvalue weighted by Crippen LogP contribution is -2.47. The Morgan fingerprint density at radius 2 is 1.40 bits per heavy atom. The molecule has 0 saturated carbocycles. The van der Waals surface area contributed by atoms with E-state index < -0.39 is 16.6 Å². The molecule has 0 aliphatic heterocycles. The molecule has 5 nitrogen and oxygen atoms in total. The Bertz CT molecular complexity index is 568. The predicted octanol–water partition coefficient (Wildman–Crippen LogP) is 5.96. The normalized spacial score (nSPS) is 15.6. The molecule has 0 spiro atoms. The number of thioether (sulfide) groups is 1. The zero-order chi connectivity index (χ0) is 24.0. The van der Waals surface area contributed by atoms with Crippen LogP contribution in [0, 0.1) is 0 Å². The van der Waals surface area contributed by atoms with Crippen LogP contribution in [0.25, 0.3) is 0 Å². The molecule has 0 fully saturated rings. The van der Waals surface area contributed by atoms with Crippen LogP contribution in [0.4, 0.5) is 0 Å². The van der Waals surface area contributed by atoms with Crippen LogP contribution in [0.2, 0.25) is 36.3 Å². The third-order valence-electron chi connectivity index (χ3n) is 6.30. The van der Waals surface area contributed by atoms with Crippen LogP contribution in [0.15, 0.2) is 0 Å². The van der Waals surface area contributed by atoms with Gasteiger partial charge in [0.15, 0.2) is 21.8 Å². The summed E-state index contributed by atoms with van der Waals surface area (Å²) in [5.41, 5.74) is 0. The van der Waals surface area contributed by atoms with Gasteiger partial charge in [-0.25, -0.2) is 0 Å². The summed E-state index contributed by atoms with van der Waals surface area (Å²) in [6, 6.07) is 0. The van der Waals surface area contributed by atoms with Gasteiger partial charge in [0, 0.05) is 31.7 Å². The molecule has 0 aromatic heterocycles. The minimum Gasteiger partial charge on any atom is -0.414 e. The van der Waals surface area contributed by atoms with Crippen molar-refractivity contribution < 1.29 is 18.4 Å². The van der Waals surface area contributed by atoms with Crippen molar-refractivity contribution in [1.29, 1.82) is 0 Å². The van der Waals surface area contributed by atoms with Crippen molar-refractivity contribution >= 4 is 39.4 Å². The lowest BCUT2D eigenvalue weighted by atomic mass is 10.1. The van der Waals surface area contributed by atoms with E-state index in [4.69, 9.17) is 8.85 Å². The number of amides is 1. The van der Waals surface area contributed by atoms with Gasteiger partial charge in [0.2, 0.25) is 5.91 Å². The lowest BCUT2D eigenvalue weighted by Gasteiger charge is -2.42. The van der Waals surface area contributed by atoms with Crippen molar-refractivity contribution in [2.75, 3.05) is 12.3 Å². The second-order valence-electron chi connectivity index (χ2n) is 11.3. The van der Waals surface area contributed by atoms with Crippen molar-refractivity contribution in [2.45, 2.75) is 117 Å². The molecule has 2 atom stereocenters. The van der Waals surface area contributed by atoms with Gasteiger partial charge in [-0.05, 0) is 49.6 Å². The number of nitrogens with one attached hydrogen (secondary N) is 1. The van der Waals surface area contributed by atoms with Gasteiger partial charge in [0.25, 0.3) is 0 Å². The van der Waals surface area contributed by atoms with E-state index in [0.717, 1.165) is 6.42 Å². The highest BCUT2D eigenvalue weighted by Crippen LogP contribution is 2.40. The van der Waals surface area contributed by atoms with Crippen molar-refractivity contribution in [2.24, 2.45) is 0 Å². The molecule has 8 heteroatoms. The molecule has 0 unspecified atom stereocenters. The Labute approximate surface area is 192 Å². The largest absolute Gasteiger partial charge is 0.414 e. The van der Waals surface area contributed by atoms with Crippen molar-refractivity contribution in [3.8, 4) is 0 Å². The Kier molecular flexibility index (Phi) is 11.6. The summed E-state index contributed by atoms with van der Waals surface area (Å²) in [5, 5.41) is 3.07. The highest BCUT2D eigenvalue weighted by molar-refractivity contribution is 8.13. The first-order valence-corrected chi connectivity index (χ1v) is 17.8. The fourth-order valence-corrected chi connectivity index (χ4v) is 6.06. The van der Waals surface area contributed by atoms with Gasteiger partial charge >= 0.3 is 0 Å². The molecule has 0 saturated heterocycles. The van der Waals surface area contributed by atoms with Crippen molar-refractivity contribution in [1.82, 2.24) is 5.32 Å². The van der Waals surface area contributed by atoms with Gasteiger partial charge in [-0.15, -0.1) is 0 Å². The number of rotatable bonds is 11. The first-order valence-electron chi connectivity index (χ1n) is 11.0. The molecule has 0 aliphatic rings. The Morgan fingerprint density at radius 3 is 1.83 bits per heavy atom. The molecule has 1 amide bonds. The van der Waals surface area contributed by atoms with Crippen LogP contribution in [0.1, 0.15) is 68.2 Å². The minimum absolute atomic E-state index is 0.0397. The van der Waals surface area contributed by atoms with Crippen LogP contribution in [-0.2, 0) is 18.4 Å². The van der Waals surface area contributed by atoms with Gasteiger partial charge in [-0.1, -0.05) is 53.3 Å². The molecule has 0 aromatic rings. The maximum Gasteiger partial charge on any atom is 0.216 e. The van der Waals surface area contributed by atoms with E-state index in [-0.39, 0.29) is 33.3 Å². The summed E-state index contributed by atoms with van der Waals surface area (Å²) < 4.78 is 13.2. The van der Waals surface area contributed by atoms with E-state index in [1.807, 2.05) is 0 Å². The van der Waals surface area contributed by atoms with Gasteiger partial charge in [-0.3, -0.25) is 9.59 Å². The molecule has 0 bridgehead atoms. The summed E-state index contributed by atoms with van der Waals surface area (Å²) >= 11 is 1.27. The molecular formula is C22H47NO4SSi2. The lowest BCUT2D eigenvalue weighted by molar-refractivity contribution is -0.119. The highest BCUT2D eigenvalue weighted by Gasteiger charge is 2.41. The van der Waals surface area contributed by atoms with E-state index in [1.165, 1.54) is 18.7 Å². The van der Waals surface area contributed by atoms with Crippen molar-refractivity contribution in [3.05, 3.63) is 0 Å². The molecule has 1 N–H and O–H groups in total.